The molecule has 23 heavy (non-hydrogen) atoms. The molecule has 3 nitrogen and oxygen atoms in total. The maximum absolute atomic E-state index is 13.0. The Kier molecular flexibility index (Phi) is 3.60. The molecule has 2 aromatic heterocycles. The fraction of sp³-hybridized carbons (Fsp3) is 0.0667. The van der Waals surface area contributed by atoms with Gasteiger partial charge in [0.05, 0.1) is 10.6 Å². The zero-order valence-corrected chi connectivity index (χ0v) is 12.0. The lowest BCUT2D eigenvalue weighted by Gasteiger charge is -2.08. The quantitative estimate of drug-likeness (QED) is 0.503. The van der Waals surface area contributed by atoms with Gasteiger partial charge in [-0.05, 0) is 30.3 Å². The molecule has 3 aromatic rings. The summed E-state index contributed by atoms with van der Waals surface area (Å²) in [5, 5.41) is -0.240. The lowest BCUT2D eigenvalue weighted by Crippen LogP contribution is -2.07. The third-order valence-electron chi connectivity index (χ3n) is 3.27. The second-order valence-electron chi connectivity index (χ2n) is 4.74. The summed E-state index contributed by atoms with van der Waals surface area (Å²) in [7, 11) is 0. The van der Waals surface area contributed by atoms with Gasteiger partial charge in [0.25, 0.3) is 0 Å². The van der Waals surface area contributed by atoms with Crippen LogP contribution in [0.15, 0.2) is 36.5 Å². The first-order valence-electron chi connectivity index (χ1n) is 6.31. The number of rotatable bonds is 2. The summed E-state index contributed by atoms with van der Waals surface area (Å²) in [4.78, 5) is 15.5. The highest BCUT2D eigenvalue weighted by molar-refractivity contribution is 6.33. The first-order chi connectivity index (χ1) is 10.8. The topological polar surface area (TPSA) is 34.4 Å². The Morgan fingerprint density at radius 1 is 1.17 bits per heavy atom. The number of nitrogens with zero attached hydrogens (tertiary/aromatic N) is 2. The summed E-state index contributed by atoms with van der Waals surface area (Å²) in [6.45, 7) is 0. The molecule has 0 aliphatic carbocycles. The first kappa shape index (κ1) is 15.5. The van der Waals surface area contributed by atoms with E-state index in [4.69, 9.17) is 11.6 Å². The summed E-state index contributed by atoms with van der Waals surface area (Å²) >= 11 is 5.86. The Morgan fingerprint density at radius 2 is 1.83 bits per heavy atom. The Balaban J connectivity index is 2.31. The molecule has 0 atom stereocenters. The molecule has 0 fully saturated rings. The average Bonchev–Trinajstić information content (AvgIpc) is 2.86. The minimum atomic E-state index is -4.61. The Labute approximate surface area is 132 Å². The molecule has 0 unspecified atom stereocenters. The van der Waals surface area contributed by atoms with E-state index in [0.29, 0.717) is 11.8 Å². The number of pyridine rings is 1. The lowest BCUT2D eigenvalue weighted by atomic mass is 10.1. The summed E-state index contributed by atoms with van der Waals surface area (Å²) in [5.41, 5.74) is -0.565. The maximum Gasteiger partial charge on any atom is 0.417 e. The number of carbonyl (C=O) groups excluding carboxylic acids is 1. The predicted octanol–water partition coefficient (Wildman–Crippen LogP) is 4.63. The van der Waals surface area contributed by atoms with Crippen molar-refractivity contribution in [1.29, 1.82) is 0 Å². The van der Waals surface area contributed by atoms with Crippen molar-refractivity contribution in [3.8, 4) is 11.3 Å². The van der Waals surface area contributed by atoms with Crippen LogP contribution in [0.4, 0.5) is 17.6 Å². The van der Waals surface area contributed by atoms with Gasteiger partial charge in [-0.3, -0.25) is 9.20 Å². The van der Waals surface area contributed by atoms with E-state index in [-0.39, 0.29) is 22.1 Å². The zero-order chi connectivity index (χ0) is 16.8. The second kappa shape index (κ2) is 5.34. The van der Waals surface area contributed by atoms with Crippen molar-refractivity contribution in [2.75, 3.05) is 0 Å². The number of halogens is 5. The molecule has 0 saturated carbocycles. The van der Waals surface area contributed by atoms with Gasteiger partial charge in [-0.25, -0.2) is 9.37 Å². The van der Waals surface area contributed by atoms with E-state index in [2.05, 4.69) is 4.98 Å². The van der Waals surface area contributed by atoms with Crippen molar-refractivity contribution in [2.45, 2.75) is 6.18 Å². The number of aldehydes is 1. The highest BCUT2D eigenvalue weighted by Gasteiger charge is 2.32. The van der Waals surface area contributed by atoms with Crippen molar-refractivity contribution in [3.63, 3.8) is 0 Å². The van der Waals surface area contributed by atoms with Crippen LogP contribution in [-0.2, 0) is 6.18 Å². The fourth-order valence-corrected chi connectivity index (χ4v) is 2.46. The molecule has 0 amide bonds. The van der Waals surface area contributed by atoms with Gasteiger partial charge in [-0.1, -0.05) is 11.6 Å². The van der Waals surface area contributed by atoms with Gasteiger partial charge in [0.2, 0.25) is 0 Å². The highest BCUT2D eigenvalue weighted by atomic mass is 35.5. The minimum absolute atomic E-state index is 0.0149. The largest absolute Gasteiger partial charge is 0.417 e. The summed E-state index contributed by atoms with van der Waals surface area (Å²) in [6, 6.07) is 5.83. The number of alkyl halides is 3. The molecule has 3 rings (SSSR count). The fourth-order valence-electron chi connectivity index (χ4n) is 2.21. The highest BCUT2D eigenvalue weighted by Crippen LogP contribution is 2.34. The predicted molar refractivity (Wildman–Crippen MR) is 76.0 cm³/mol. The molecule has 0 spiro atoms. The molecule has 8 heteroatoms. The molecule has 118 valence electrons. The van der Waals surface area contributed by atoms with Gasteiger partial charge in [-0.15, -0.1) is 0 Å². The molecular formula is C15H7ClF4N2O. The summed E-state index contributed by atoms with van der Waals surface area (Å²) < 4.78 is 52.6. The second-order valence-corrected chi connectivity index (χ2v) is 5.15. The molecular weight excluding hydrogens is 336 g/mol. The maximum atomic E-state index is 13.0. The van der Waals surface area contributed by atoms with Crippen LogP contribution < -0.4 is 0 Å². The van der Waals surface area contributed by atoms with Crippen molar-refractivity contribution in [2.24, 2.45) is 0 Å². The van der Waals surface area contributed by atoms with Crippen LogP contribution in [-0.4, -0.2) is 15.7 Å². The van der Waals surface area contributed by atoms with Crippen LogP contribution in [0, 0.1) is 5.82 Å². The van der Waals surface area contributed by atoms with E-state index < -0.39 is 17.6 Å². The van der Waals surface area contributed by atoms with Crippen LogP contribution in [0.3, 0.4) is 0 Å². The van der Waals surface area contributed by atoms with Crippen molar-refractivity contribution in [3.05, 3.63) is 58.6 Å². The van der Waals surface area contributed by atoms with Crippen LogP contribution in [0.1, 0.15) is 16.1 Å². The molecule has 1 aromatic carbocycles. The number of aromatic nitrogens is 2. The number of hydrogen-bond acceptors (Lipinski definition) is 2. The van der Waals surface area contributed by atoms with Gasteiger partial charge < -0.3 is 0 Å². The average molecular weight is 343 g/mol. The van der Waals surface area contributed by atoms with E-state index in [9.17, 15) is 22.4 Å². The third kappa shape index (κ3) is 2.68. The molecule has 2 heterocycles. The third-order valence-corrected chi connectivity index (χ3v) is 3.55. The van der Waals surface area contributed by atoms with Crippen molar-refractivity contribution in [1.82, 2.24) is 9.38 Å². The normalized spacial score (nSPS) is 11.9. The van der Waals surface area contributed by atoms with Crippen molar-refractivity contribution >= 4 is 23.5 Å². The smallest absolute Gasteiger partial charge is 0.296 e. The molecule has 0 aliphatic heterocycles. The number of benzene rings is 1. The van der Waals surface area contributed by atoms with E-state index in [0.717, 1.165) is 28.8 Å². The van der Waals surface area contributed by atoms with Gasteiger partial charge in [-0.2, -0.15) is 13.2 Å². The van der Waals surface area contributed by atoms with Crippen LogP contribution in [0.5, 0.6) is 0 Å². The molecule has 0 bridgehead atoms. The Bertz CT molecular complexity index is 900. The van der Waals surface area contributed by atoms with Gasteiger partial charge >= 0.3 is 6.18 Å². The molecule has 0 saturated heterocycles. The molecule has 0 N–H and O–H groups in total. The standard InChI is InChI=1S/C15H7ClF4N2O/c16-11-5-9(15(18,19)20)6-22-12(7-23)13(21-14(11)22)8-1-3-10(17)4-2-8/h1-7H. The van der Waals surface area contributed by atoms with Crippen LogP contribution in [0.25, 0.3) is 16.9 Å². The number of carbonyl (C=O) groups is 1. The van der Waals surface area contributed by atoms with Crippen LogP contribution >= 0.6 is 11.6 Å². The van der Waals surface area contributed by atoms with E-state index >= 15 is 0 Å². The number of fused-ring (bicyclic) bond motifs is 1. The Morgan fingerprint density at radius 3 is 2.39 bits per heavy atom. The molecule has 0 aliphatic rings. The van der Waals surface area contributed by atoms with Crippen molar-refractivity contribution < 1.29 is 22.4 Å². The van der Waals surface area contributed by atoms with Gasteiger partial charge in [0.1, 0.15) is 17.2 Å². The van der Waals surface area contributed by atoms with Gasteiger partial charge in [0, 0.05) is 11.8 Å². The van der Waals surface area contributed by atoms with Gasteiger partial charge in [0.15, 0.2) is 11.9 Å². The van der Waals surface area contributed by atoms with E-state index in [1.165, 1.54) is 12.1 Å². The Hall–Kier alpha value is -2.41. The first-order valence-corrected chi connectivity index (χ1v) is 6.69. The number of hydrogen-bond donors (Lipinski definition) is 0. The monoisotopic (exact) mass is 342 g/mol. The minimum Gasteiger partial charge on any atom is -0.296 e. The summed E-state index contributed by atoms with van der Waals surface area (Å²) in [5.74, 6) is -0.484. The number of imidazole rings is 1. The summed E-state index contributed by atoms with van der Waals surface area (Å²) in [6.07, 6.45) is -3.47. The molecule has 0 radical (unpaired) electrons. The van der Waals surface area contributed by atoms with Crippen LogP contribution in [0.2, 0.25) is 5.02 Å². The lowest BCUT2D eigenvalue weighted by molar-refractivity contribution is -0.137. The SMILES string of the molecule is O=Cc1c(-c2ccc(F)cc2)nc2c(Cl)cc(C(F)(F)F)cn12. The van der Waals surface area contributed by atoms with E-state index in [1.807, 2.05) is 0 Å². The zero-order valence-electron chi connectivity index (χ0n) is 11.2. The van der Waals surface area contributed by atoms with E-state index in [1.54, 1.807) is 0 Å².